The molecule has 0 aliphatic heterocycles. The summed E-state index contributed by atoms with van der Waals surface area (Å²) in [6.07, 6.45) is 78.9. The second-order valence-electron chi connectivity index (χ2n) is 25.2. The van der Waals surface area contributed by atoms with Crippen molar-refractivity contribution in [3.63, 3.8) is 0 Å². The van der Waals surface area contributed by atoms with Gasteiger partial charge in [0, 0.05) is 6.42 Å². The topological polar surface area (TPSA) is 108 Å². The number of rotatable bonds is 65. The van der Waals surface area contributed by atoms with Gasteiger partial charge in [-0.25, -0.2) is 0 Å². The maximum absolute atomic E-state index is 13.0. The van der Waals surface area contributed by atoms with E-state index in [2.05, 4.69) is 31.3 Å². The maximum Gasteiger partial charge on any atom is 0.268 e. The number of amides is 1. The predicted octanol–water partition coefficient (Wildman–Crippen LogP) is 21.3. The average molecular weight is 1120 g/mol. The third-order valence-electron chi connectivity index (χ3n) is 16.2. The molecule has 0 aromatic rings. The van der Waals surface area contributed by atoms with Crippen LogP contribution in [0.25, 0.3) is 0 Å². The van der Waals surface area contributed by atoms with Gasteiger partial charge in [-0.2, -0.15) is 0 Å². The lowest BCUT2D eigenvalue weighted by atomic mass is 10.0. The molecule has 9 heteroatoms. The number of likely N-dealkylation sites (N-methyl/N-ethyl adjacent to an activating group) is 1. The van der Waals surface area contributed by atoms with E-state index in [0.29, 0.717) is 17.4 Å². The zero-order valence-corrected chi connectivity index (χ0v) is 54.0. The molecule has 8 nitrogen and oxygen atoms in total. The molecule has 78 heavy (non-hydrogen) atoms. The average Bonchev–Trinajstić information content (AvgIpc) is 3.41. The van der Waals surface area contributed by atoms with Gasteiger partial charge in [-0.3, -0.25) is 9.36 Å². The largest absolute Gasteiger partial charge is 0.756 e. The zero-order valence-electron chi connectivity index (χ0n) is 53.2. The number of carbonyl (C=O) groups excluding carboxylic acids is 1. The van der Waals surface area contributed by atoms with Crippen LogP contribution in [-0.2, 0) is 18.4 Å². The van der Waals surface area contributed by atoms with Crippen molar-refractivity contribution in [2.24, 2.45) is 0 Å². The first-order chi connectivity index (χ1) is 38.0. The molecule has 0 radical (unpaired) electrons. The number of hydrogen-bond acceptors (Lipinski definition) is 6. The molecule has 0 aliphatic carbocycles. The minimum Gasteiger partial charge on any atom is -0.756 e. The molecule has 3 unspecified atom stereocenters. The van der Waals surface area contributed by atoms with Crippen molar-refractivity contribution in [3.05, 3.63) is 24.3 Å². The van der Waals surface area contributed by atoms with E-state index in [-0.39, 0.29) is 19.1 Å². The summed E-state index contributed by atoms with van der Waals surface area (Å²) in [5.74, 6) is -0.199. The number of aliphatic hydroxyl groups is 1. The number of aliphatic hydroxyl groups excluding tert-OH is 1. The van der Waals surface area contributed by atoms with E-state index in [1.807, 2.05) is 27.2 Å². The molecule has 1 amide bonds. The molecule has 464 valence electrons. The smallest absolute Gasteiger partial charge is 0.268 e. The maximum atomic E-state index is 13.0. The van der Waals surface area contributed by atoms with Gasteiger partial charge in [0.1, 0.15) is 13.2 Å². The number of phosphoric ester groups is 1. The van der Waals surface area contributed by atoms with Crippen LogP contribution in [0.1, 0.15) is 361 Å². The molecule has 3 atom stereocenters. The molecule has 0 saturated heterocycles. The first kappa shape index (κ1) is 77.0. The van der Waals surface area contributed by atoms with E-state index < -0.39 is 20.0 Å². The third kappa shape index (κ3) is 62.6. The van der Waals surface area contributed by atoms with Crippen molar-refractivity contribution in [1.29, 1.82) is 0 Å². The highest BCUT2D eigenvalue weighted by atomic mass is 31.2. The first-order valence-corrected chi connectivity index (χ1v) is 36.2. The highest BCUT2D eigenvalue weighted by Gasteiger charge is 2.23. The summed E-state index contributed by atoms with van der Waals surface area (Å²) in [6.45, 7) is 4.68. The number of unbranched alkanes of at least 4 members (excludes halogenated alkanes) is 50. The Hall–Kier alpha value is -1.02. The molecule has 0 saturated carbocycles. The van der Waals surface area contributed by atoms with Crippen LogP contribution < -0.4 is 10.2 Å². The Bertz CT molecular complexity index is 1320. The summed E-state index contributed by atoms with van der Waals surface area (Å²) in [7, 11) is 1.26. The van der Waals surface area contributed by atoms with Crippen LogP contribution in [0.4, 0.5) is 0 Å². The van der Waals surface area contributed by atoms with Gasteiger partial charge in [-0.05, 0) is 32.1 Å². The molecule has 0 aliphatic rings. The summed E-state index contributed by atoms with van der Waals surface area (Å²) in [5, 5.41) is 13.9. The Morgan fingerprint density at radius 2 is 0.718 bits per heavy atom. The summed E-state index contributed by atoms with van der Waals surface area (Å²) >= 11 is 0. The van der Waals surface area contributed by atoms with Crippen LogP contribution in [0.5, 0.6) is 0 Å². The van der Waals surface area contributed by atoms with Gasteiger partial charge in [0.05, 0.1) is 39.9 Å². The molecular formula is C69H137N2O6P. The number of nitrogens with zero attached hydrogens (tertiary/aromatic N) is 1. The lowest BCUT2D eigenvalue weighted by Gasteiger charge is -2.29. The summed E-state index contributed by atoms with van der Waals surface area (Å²) in [4.78, 5) is 25.6. The van der Waals surface area contributed by atoms with Crippen LogP contribution in [0.2, 0.25) is 0 Å². The lowest BCUT2D eigenvalue weighted by Crippen LogP contribution is -2.45. The number of hydrogen-bond donors (Lipinski definition) is 2. The SMILES string of the molecule is CCCCCCCCCCCCCC/C=C/CC/C=C/C(O)C(COP(=O)([O-])OCC[N+](C)(C)C)NC(=O)CCCCCCCCCCCCCCCCCCCCCCCCCCCCCCCCCCCCCCCC. The Balaban J connectivity index is 3.92. The van der Waals surface area contributed by atoms with Crippen molar-refractivity contribution in [2.75, 3.05) is 40.9 Å². The molecule has 0 aromatic heterocycles. The summed E-state index contributed by atoms with van der Waals surface area (Å²) < 4.78 is 23.4. The number of quaternary nitrogens is 1. The van der Waals surface area contributed by atoms with Crippen molar-refractivity contribution in [1.82, 2.24) is 5.32 Å². The van der Waals surface area contributed by atoms with Crippen molar-refractivity contribution >= 4 is 13.7 Å². The Morgan fingerprint density at radius 1 is 0.436 bits per heavy atom. The van der Waals surface area contributed by atoms with Gasteiger partial charge in [-0.15, -0.1) is 0 Å². The first-order valence-electron chi connectivity index (χ1n) is 34.7. The van der Waals surface area contributed by atoms with Gasteiger partial charge in [-0.1, -0.05) is 346 Å². The van der Waals surface area contributed by atoms with E-state index in [4.69, 9.17) is 9.05 Å². The highest BCUT2D eigenvalue weighted by molar-refractivity contribution is 7.45. The highest BCUT2D eigenvalue weighted by Crippen LogP contribution is 2.38. The summed E-state index contributed by atoms with van der Waals surface area (Å²) in [6, 6.07) is -0.901. The molecule has 0 aromatic carbocycles. The number of allylic oxidation sites excluding steroid dienone is 3. The van der Waals surface area contributed by atoms with Gasteiger partial charge < -0.3 is 28.8 Å². The molecule has 0 fully saturated rings. The zero-order chi connectivity index (χ0) is 57.0. The number of nitrogens with one attached hydrogen (secondary N) is 1. The second kappa shape index (κ2) is 60.6. The molecule has 0 spiro atoms. The monoisotopic (exact) mass is 1120 g/mol. The van der Waals surface area contributed by atoms with Gasteiger partial charge in [0.25, 0.3) is 7.82 Å². The van der Waals surface area contributed by atoms with Gasteiger partial charge in [0.15, 0.2) is 0 Å². The Kier molecular flexibility index (Phi) is 59.8. The van der Waals surface area contributed by atoms with E-state index in [1.54, 1.807) is 6.08 Å². The van der Waals surface area contributed by atoms with Crippen LogP contribution in [0, 0.1) is 0 Å². The number of phosphoric acid groups is 1. The second-order valence-corrected chi connectivity index (χ2v) is 26.7. The molecular weight excluding hydrogens is 984 g/mol. The molecule has 0 rings (SSSR count). The normalized spacial score (nSPS) is 13.8. The van der Waals surface area contributed by atoms with E-state index in [0.717, 1.165) is 38.5 Å². The fourth-order valence-corrected chi connectivity index (χ4v) is 11.5. The van der Waals surface area contributed by atoms with Crippen molar-refractivity contribution in [2.45, 2.75) is 373 Å². The minimum absolute atomic E-state index is 0.00360. The van der Waals surface area contributed by atoms with Crippen molar-refractivity contribution in [3.8, 4) is 0 Å². The van der Waals surface area contributed by atoms with Gasteiger partial charge in [0.2, 0.25) is 5.91 Å². The van der Waals surface area contributed by atoms with Crippen LogP contribution in [-0.4, -0.2) is 68.5 Å². The van der Waals surface area contributed by atoms with Crippen molar-refractivity contribution < 1.29 is 32.9 Å². The van der Waals surface area contributed by atoms with E-state index in [1.165, 1.54) is 302 Å². The van der Waals surface area contributed by atoms with Gasteiger partial charge >= 0.3 is 0 Å². The van der Waals surface area contributed by atoms with E-state index >= 15 is 0 Å². The molecule has 0 bridgehead atoms. The summed E-state index contributed by atoms with van der Waals surface area (Å²) in [5.41, 5.74) is 0. The Morgan fingerprint density at radius 3 is 1.04 bits per heavy atom. The van der Waals surface area contributed by atoms with Crippen LogP contribution >= 0.6 is 7.82 Å². The quantitative estimate of drug-likeness (QED) is 0.0272. The fourth-order valence-electron chi connectivity index (χ4n) is 10.8. The third-order valence-corrected chi connectivity index (χ3v) is 17.1. The van der Waals surface area contributed by atoms with Crippen LogP contribution in [0.3, 0.4) is 0 Å². The van der Waals surface area contributed by atoms with Crippen LogP contribution in [0.15, 0.2) is 24.3 Å². The standard InChI is InChI=1S/C69H137N2O6P/c1-6-8-10-12-14-16-18-20-22-24-26-27-28-29-30-31-32-33-34-35-36-37-38-39-40-41-42-43-44-45-47-49-51-53-55-57-59-61-63-69(73)70-67(66-77-78(74,75)76-65-64-71(3,4)5)68(72)62-60-58-56-54-52-50-48-46-25-23-21-19-17-15-13-11-9-7-2/h52,54,60,62,67-68,72H,6-51,53,55-59,61,63-66H2,1-5H3,(H-,70,73,74,75)/b54-52+,62-60+. The predicted molar refractivity (Wildman–Crippen MR) is 339 cm³/mol. The van der Waals surface area contributed by atoms with E-state index in [9.17, 15) is 19.4 Å². The number of carbonyl (C=O) groups is 1. The fraction of sp³-hybridized carbons (Fsp3) is 0.928. The Labute approximate surface area is 487 Å². The minimum atomic E-state index is -4.61. The molecule has 2 N–H and O–H groups in total. The lowest BCUT2D eigenvalue weighted by molar-refractivity contribution is -0.870. The molecule has 0 heterocycles.